The van der Waals surface area contributed by atoms with Crippen molar-refractivity contribution in [2.24, 2.45) is 0 Å². The quantitative estimate of drug-likeness (QED) is 0.374. The molecule has 0 aromatic heterocycles. The van der Waals surface area contributed by atoms with Crippen LogP contribution in [-0.2, 0) is 0 Å². The molecule has 0 bridgehead atoms. The van der Waals surface area contributed by atoms with Gasteiger partial charge >= 0.3 is 0 Å². The van der Waals surface area contributed by atoms with Gasteiger partial charge in [-0.3, -0.25) is 0 Å². The van der Waals surface area contributed by atoms with E-state index in [9.17, 15) is 0 Å². The van der Waals surface area contributed by atoms with E-state index in [2.05, 4.69) is 36.3 Å². The van der Waals surface area contributed by atoms with Crippen molar-refractivity contribution in [3.05, 3.63) is 0 Å². The first-order chi connectivity index (χ1) is 10.8. The lowest BCUT2D eigenvalue weighted by Crippen LogP contribution is -2.38. The SMILES string of the molecule is CCCCCNCCN(CCCCC)CCNCCCCC. The predicted octanol–water partition coefficient (Wildman–Crippen LogP) is 4.04. The Morgan fingerprint density at radius 3 is 1.41 bits per heavy atom. The van der Waals surface area contributed by atoms with Gasteiger partial charge in [0.05, 0.1) is 0 Å². The van der Waals surface area contributed by atoms with E-state index in [1.165, 1.54) is 90.5 Å². The van der Waals surface area contributed by atoms with E-state index in [0.29, 0.717) is 0 Å². The third kappa shape index (κ3) is 16.3. The summed E-state index contributed by atoms with van der Waals surface area (Å²) in [4.78, 5) is 2.63. The molecule has 0 aromatic rings. The molecular weight excluding hydrogens is 270 g/mol. The zero-order valence-corrected chi connectivity index (χ0v) is 15.8. The van der Waals surface area contributed by atoms with E-state index in [1.54, 1.807) is 0 Å². The maximum absolute atomic E-state index is 3.60. The highest BCUT2D eigenvalue weighted by Gasteiger charge is 2.03. The molecule has 0 unspecified atom stereocenters. The second-order valence-electron chi connectivity index (χ2n) is 6.46. The van der Waals surface area contributed by atoms with Crippen LogP contribution in [0.15, 0.2) is 0 Å². The maximum Gasteiger partial charge on any atom is 0.0107 e. The number of unbranched alkanes of at least 4 members (excludes halogenated alkanes) is 6. The Kier molecular flexibility index (Phi) is 18.8. The molecule has 0 aliphatic rings. The van der Waals surface area contributed by atoms with Gasteiger partial charge in [-0.05, 0) is 38.9 Å². The van der Waals surface area contributed by atoms with Gasteiger partial charge in [0, 0.05) is 26.2 Å². The zero-order valence-electron chi connectivity index (χ0n) is 15.8. The van der Waals surface area contributed by atoms with Gasteiger partial charge in [-0.15, -0.1) is 0 Å². The third-order valence-corrected chi connectivity index (χ3v) is 4.20. The van der Waals surface area contributed by atoms with Crippen molar-refractivity contribution in [3.63, 3.8) is 0 Å². The van der Waals surface area contributed by atoms with Crippen LogP contribution >= 0.6 is 0 Å². The maximum atomic E-state index is 3.60. The molecule has 0 atom stereocenters. The molecule has 0 saturated carbocycles. The molecule has 0 aromatic carbocycles. The fourth-order valence-electron chi connectivity index (χ4n) is 2.65. The summed E-state index contributed by atoms with van der Waals surface area (Å²) in [5, 5.41) is 7.19. The normalized spacial score (nSPS) is 11.5. The van der Waals surface area contributed by atoms with E-state index in [4.69, 9.17) is 0 Å². The molecule has 0 heterocycles. The van der Waals surface area contributed by atoms with E-state index in [1.807, 2.05) is 0 Å². The molecule has 0 radical (unpaired) electrons. The average molecular weight is 314 g/mol. The first-order valence-electron chi connectivity index (χ1n) is 9.98. The summed E-state index contributed by atoms with van der Waals surface area (Å²) in [7, 11) is 0. The van der Waals surface area contributed by atoms with Crippen molar-refractivity contribution in [3.8, 4) is 0 Å². The lowest BCUT2D eigenvalue weighted by molar-refractivity contribution is 0.266. The van der Waals surface area contributed by atoms with Crippen LogP contribution in [0.5, 0.6) is 0 Å². The van der Waals surface area contributed by atoms with Gasteiger partial charge in [-0.2, -0.15) is 0 Å². The summed E-state index contributed by atoms with van der Waals surface area (Å²) in [6.07, 6.45) is 12.0. The third-order valence-electron chi connectivity index (χ3n) is 4.20. The summed E-state index contributed by atoms with van der Waals surface area (Å²) in [6, 6.07) is 0. The molecule has 22 heavy (non-hydrogen) atoms. The molecule has 0 saturated heterocycles. The van der Waals surface area contributed by atoms with Crippen molar-refractivity contribution < 1.29 is 0 Å². The number of hydrogen-bond acceptors (Lipinski definition) is 3. The number of nitrogens with one attached hydrogen (secondary N) is 2. The highest BCUT2D eigenvalue weighted by molar-refractivity contribution is 4.62. The van der Waals surface area contributed by atoms with Crippen LogP contribution in [0.3, 0.4) is 0 Å². The Morgan fingerprint density at radius 2 is 0.955 bits per heavy atom. The molecule has 3 nitrogen and oxygen atoms in total. The molecule has 0 aliphatic carbocycles. The molecule has 0 amide bonds. The first kappa shape index (κ1) is 21.9. The molecule has 0 rings (SSSR count). The monoisotopic (exact) mass is 313 g/mol. The standard InChI is InChI=1S/C19H43N3/c1-4-7-10-13-20-15-18-22(17-12-9-6-3)19-16-21-14-11-8-5-2/h20-21H,4-19H2,1-3H3. The van der Waals surface area contributed by atoms with Gasteiger partial charge < -0.3 is 15.5 Å². The predicted molar refractivity (Wildman–Crippen MR) is 101 cm³/mol. The summed E-state index contributed by atoms with van der Waals surface area (Å²) in [6.45, 7) is 15.1. The zero-order chi connectivity index (χ0) is 16.3. The molecule has 0 fully saturated rings. The average Bonchev–Trinajstić information content (AvgIpc) is 2.53. The van der Waals surface area contributed by atoms with Crippen LogP contribution < -0.4 is 10.6 Å². The smallest absolute Gasteiger partial charge is 0.0107 e. The number of rotatable bonds is 18. The van der Waals surface area contributed by atoms with Crippen LogP contribution in [0.25, 0.3) is 0 Å². The second kappa shape index (κ2) is 18.9. The van der Waals surface area contributed by atoms with Gasteiger partial charge in [-0.25, -0.2) is 0 Å². The van der Waals surface area contributed by atoms with Crippen LogP contribution in [-0.4, -0.2) is 50.7 Å². The van der Waals surface area contributed by atoms with E-state index in [-0.39, 0.29) is 0 Å². The highest BCUT2D eigenvalue weighted by atomic mass is 15.1. The van der Waals surface area contributed by atoms with Crippen LogP contribution in [0.4, 0.5) is 0 Å². The Labute approximate surface area is 140 Å². The molecule has 134 valence electrons. The largest absolute Gasteiger partial charge is 0.315 e. The highest BCUT2D eigenvalue weighted by Crippen LogP contribution is 1.98. The van der Waals surface area contributed by atoms with Gasteiger partial charge in [0.25, 0.3) is 0 Å². The topological polar surface area (TPSA) is 27.3 Å². The first-order valence-corrected chi connectivity index (χ1v) is 9.98. The molecular formula is C19H43N3. The van der Waals surface area contributed by atoms with Crippen molar-refractivity contribution >= 4 is 0 Å². The minimum atomic E-state index is 1.14. The fraction of sp³-hybridized carbons (Fsp3) is 1.00. The second-order valence-corrected chi connectivity index (χ2v) is 6.46. The summed E-state index contributed by atoms with van der Waals surface area (Å²) in [5.41, 5.74) is 0. The Hall–Kier alpha value is -0.120. The summed E-state index contributed by atoms with van der Waals surface area (Å²) in [5.74, 6) is 0. The lowest BCUT2D eigenvalue weighted by atomic mass is 10.2. The fourth-order valence-corrected chi connectivity index (χ4v) is 2.65. The Morgan fingerprint density at radius 1 is 0.500 bits per heavy atom. The van der Waals surface area contributed by atoms with Gasteiger partial charge in [0.1, 0.15) is 0 Å². The van der Waals surface area contributed by atoms with Crippen molar-refractivity contribution in [1.82, 2.24) is 15.5 Å². The minimum Gasteiger partial charge on any atom is -0.315 e. The van der Waals surface area contributed by atoms with Crippen molar-refractivity contribution in [2.45, 2.75) is 78.6 Å². The minimum absolute atomic E-state index is 1.14. The van der Waals surface area contributed by atoms with Gasteiger partial charge in [-0.1, -0.05) is 59.3 Å². The van der Waals surface area contributed by atoms with E-state index >= 15 is 0 Å². The molecule has 2 N–H and O–H groups in total. The summed E-state index contributed by atoms with van der Waals surface area (Å²) < 4.78 is 0. The number of nitrogens with zero attached hydrogens (tertiary/aromatic N) is 1. The van der Waals surface area contributed by atoms with Crippen LogP contribution in [0, 0.1) is 0 Å². The molecule has 0 aliphatic heterocycles. The van der Waals surface area contributed by atoms with Crippen molar-refractivity contribution in [1.29, 1.82) is 0 Å². The molecule has 0 spiro atoms. The van der Waals surface area contributed by atoms with Gasteiger partial charge in [0.2, 0.25) is 0 Å². The Bertz CT molecular complexity index is 181. The lowest BCUT2D eigenvalue weighted by Gasteiger charge is -2.22. The van der Waals surface area contributed by atoms with E-state index < -0.39 is 0 Å². The van der Waals surface area contributed by atoms with Gasteiger partial charge in [0.15, 0.2) is 0 Å². The Balaban J connectivity index is 3.65. The number of hydrogen-bond donors (Lipinski definition) is 2. The molecule has 3 heteroatoms. The van der Waals surface area contributed by atoms with Crippen LogP contribution in [0.1, 0.15) is 78.6 Å². The van der Waals surface area contributed by atoms with E-state index in [0.717, 1.165) is 13.1 Å². The van der Waals surface area contributed by atoms with Crippen LogP contribution in [0.2, 0.25) is 0 Å². The van der Waals surface area contributed by atoms with Crippen molar-refractivity contribution in [2.75, 3.05) is 45.8 Å². The summed E-state index contributed by atoms with van der Waals surface area (Å²) >= 11 is 0.